The molecule has 0 radical (unpaired) electrons. The molecule has 2 aromatic rings. The summed E-state index contributed by atoms with van der Waals surface area (Å²) in [5.74, 6) is 0.0119. The minimum Gasteiger partial charge on any atom is -0.325 e. The molecule has 0 saturated carbocycles. The van der Waals surface area contributed by atoms with Crippen LogP contribution in [0.3, 0.4) is 0 Å². The third-order valence-corrected chi connectivity index (χ3v) is 5.19. The number of nitrogens with one attached hydrogen (secondary N) is 1. The van der Waals surface area contributed by atoms with E-state index in [2.05, 4.69) is 32.9 Å². The lowest BCUT2D eigenvalue weighted by Gasteiger charge is -2.10. The molecule has 22 heavy (non-hydrogen) atoms. The van der Waals surface area contributed by atoms with E-state index in [9.17, 15) is 9.59 Å². The topological polar surface area (TPSA) is 62.3 Å². The Balaban J connectivity index is 1.64. The summed E-state index contributed by atoms with van der Waals surface area (Å²) < 4.78 is 0.995. The molecule has 0 bridgehead atoms. The molecule has 1 aliphatic rings. The molecule has 0 aliphatic carbocycles. The van der Waals surface area contributed by atoms with Crippen molar-refractivity contribution in [3.63, 3.8) is 0 Å². The molecular weight excluding hydrogens is 413 g/mol. The van der Waals surface area contributed by atoms with E-state index >= 15 is 0 Å². The second-order valence-electron chi connectivity index (χ2n) is 4.98. The van der Waals surface area contributed by atoms with Crippen molar-refractivity contribution in [2.45, 2.75) is 19.3 Å². The van der Waals surface area contributed by atoms with Gasteiger partial charge in [-0.2, -0.15) is 0 Å². The van der Waals surface area contributed by atoms with Crippen LogP contribution in [-0.4, -0.2) is 23.3 Å². The fraction of sp³-hybridized carbons (Fsp3) is 0.267. The van der Waals surface area contributed by atoms with Gasteiger partial charge in [0.15, 0.2) is 5.13 Å². The van der Waals surface area contributed by atoms with Gasteiger partial charge in [-0.05, 0) is 41.1 Å². The SMILES string of the molecule is O=C(Cc1csc(N2CCCC2=O)n1)Nc1ccccc1I. The molecule has 2 heterocycles. The number of thiazole rings is 1. The Kier molecular flexibility index (Phi) is 4.72. The predicted octanol–water partition coefficient (Wildman–Crippen LogP) is 3.06. The number of aromatic nitrogens is 1. The van der Waals surface area contributed by atoms with Gasteiger partial charge in [0.2, 0.25) is 11.8 Å². The number of benzene rings is 1. The van der Waals surface area contributed by atoms with Gasteiger partial charge < -0.3 is 5.32 Å². The van der Waals surface area contributed by atoms with E-state index in [0.717, 1.165) is 22.2 Å². The maximum absolute atomic E-state index is 12.1. The van der Waals surface area contributed by atoms with E-state index in [1.807, 2.05) is 29.6 Å². The van der Waals surface area contributed by atoms with Crippen molar-refractivity contribution < 1.29 is 9.59 Å². The minimum absolute atomic E-state index is 0.103. The Labute approximate surface area is 145 Å². The van der Waals surface area contributed by atoms with E-state index in [1.54, 1.807) is 4.90 Å². The molecule has 5 nitrogen and oxygen atoms in total. The second kappa shape index (κ2) is 6.74. The normalized spacial score (nSPS) is 14.4. The minimum atomic E-state index is -0.103. The molecule has 0 spiro atoms. The average Bonchev–Trinajstić information content (AvgIpc) is 3.10. The summed E-state index contributed by atoms with van der Waals surface area (Å²) in [7, 11) is 0. The number of hydrogen-bond acceptors (Lipinski definition) is 4. The lowest BCUT2D eigenvalue weighted by atomic mass is 10.3. The summed E-state index contributed by atoms with van der Waals surface area (Å²) in [6, 6.07) is 7.63. The molecular formula is C15H14IN3O2S. The van der Waals surface area contributed by atoms with Gasteiger partial charge in [0, 0.05) is 21.9 Å². The number of para-hydroxylation sites is 1. The van der Waals surface area contributed by atoms with Crippen LogP contribution in [0.25, 0.3) is 0 Å². The van der Waals surface area contributed by atoms with Gasteiger partial charge in [-0.25, -0.2) is 4.98 Å². The molecule has 7 heteroatoms. The van der Waals surface area contributed by atoms with Gasteiger partial charge in [0.05, 0.1) is 17.8 Å². The zero-order valence-electron chi connectivity index (χ0n) is 11.7. The average molecular weight is 427 g/mol. The fourth-order valence-corrected chi connectivity index (χ4v) is 3.66. The number of hydrogen-bond donors (Lipinski definition) is 1. The summed E-state index contributed by atoms with van der Waals surface area (Å²) in [6.07, 6.45) is 1.67. The number of carbonyl (C=O) groups excluding carboxylic acids is 2. The van der Waals surface area contributed by atoms with Crippen LogP contribution >= 0.6 is 33.9 Å². The summed E-state index contributed by atoms with van der Waals surface area (Å²) in [5.41, 5.74) is 1.50. The number of anilines is 2. The lowest BCUT2D eigenvalue weighted by Crippen LogP contribution is -2.23. The van der Waals surface area contributed by atoms with Crippen LogP contribution in [0.5, 0.6) is 0 Å². The van der Waals surface area contributed by atoms with Crippen LogP contribution in [0.15, 0.2) is 29.6 Å². The predicted molar refractivity (Wildman–Crippen MR) is 95.2 cm³/mol. The van der Waals surface area contributed by atoms with Crippen molar-refractivity contribution >= 4 is 56.6 Å². The number of nitrogens with zero attached hydrogens (tertiary/aromatic N) is 2. The van der Waals surface area contributed by atoms with E-state index < -0.39 is 0 Å². The molecule has 2 amide bonds. The number of carbonyl (C=O) groups is 2. The molecule has 0 unspecified atom stereocenters. The second-order valence-corrected chi connectivity index (χ2v) is 6.97. The number of halogens is 1. The van der Waals surface area contributed by atoms with Gasteiger partial charge >= 0.3 is 0 Å². The third-order valence-electron chi connectivity index (χ3n) is 3.33. The van der Waals surface area contributed by atoms with E-state index in [-0.39, 0.29) is 18.2 Å². The molecule has 1 aromatic carbocycles. The quantitative estimate of drug-likeness (QED) is 0.764. The molecule has 114 valence electrons. The van der Waals surface area contributed by atoms with Crippen molar-refractivity contribution in [2.75, 3.05) is 16.8 Å². The first-order chi connectivity index (χ1) is 10.6. The highest BCUT2D eigenvalue weighted by Gasteiger charge is 2.24. The number of amides is 2. The Hall–Kier alpha value is -1.48. The highest BCUT2D eigenvalue weighted by molar-refractivity contribution is 14.1. The molecule has 1 N–H and O–H groups in total. The van der Waals surface area contributed by atoms with Gasteiger partial charge in [-0.15, -0.1) is 11.3 Å². The first-order valence-electron chi connectivity index (χ1n) is 6.92. The fourth-order valence-electron chi connectivity index (χ4n) is 2.27. The largest absolute Gasteiger partial charge is 0.325 e. The standard InChI is InChI=1S/C15H14IN3O2S/c16-11-4-1-2-5-12(11)18-13(20)8-10-9-22-15(17-10)19-7-3-6-14(19)21/h1-2,4-5,9H,3,6-8H2,(H,18,20). The van der Waals surface area contributed by atoms with Gasteiger partial charge in [-0.1, -0.05) is 12.1 Å². The van der Waals surface area contributed by atoms with E-state index in [4.69, 9.17) is 0 Å². The maximum atomic E-state index is 12.1. The molecule has 1 aromatic heterocycles. The van der Waals surface area contributed by atoms with Gasteiger partial charge in [-0.3, -0.25) is 14.5 Å². The van der Waals surface area contributed by atoms with E-state index in [1.165, 1.54) is 11.3 Å². The Bertz CT molecular complexity index is 716. The van der Waals surface area contributed by atoms with Gasteiger partial charge in [0.25, 0.3) is 0 Å². The monoisotopic (exact) mass is 427 g/mol. The van der Waals surface area contributed by atoms with Crippen LogP contribution in [0.4, 0.5) is 10.8 Å². The smallest absolute Gasteiger partial charge is 0.230 e. The molecule has 3 rings (SSSR count). The highest BCUT2D eigenvalue weighted by Crippen LogP contribution is 2.25. The molecule has 1 saturated heterocycles. The Morgan fingerprint density at radius 2 is 2.23 bits per heavy atom. The summed E-state index contributed by atoms with van der Waals surface area (Å²) in [6.45, 7) is 0.722. The Morgan fingerprint density at radius 1 is 1.41 bits per heavy atom. The first kappa shape index (κ1) is 15.4. The van der Waals surface area contributed by atoms with Crippen molar-refractivity contribution in [3.8, 4) is 0 Å². The zero-order chi connectivity index (χ0) is 15.5. The Morgan fingerprint density at radius 3 is 2.95 bits per heavy atom. The summed E-state index contributed by atoms with van der Waals surface area (Å²) in [5, 5.41) is 5.42. The lowest BCUT2D eigenvalue weighted by molar-refractivity contribution is -0.117. The van der Waals surface area contributed by atoms with Crippen molar-refractivity contribution in [3.05, 3.63) is 38.9 Å². The van der Waals surface area contributed by atoms with Crippen LogP contribution in [0.2, 0.25) is 0 Å². The van der Waals surface area contributed by atoms with E-state index in [0.29, 0.717) is 17.2 Å². The van der Waals surface area contributed by atoms with Gasteiger partial charge in [0.1, 0.15) is 0 Å². The number of rotatable bonds is 4. The van der Waals surface area contributed by atoms with Crippen LogP contribution in [0, 0.1) is 3.57 Å². The molecule has 1 fully saturated rings. The van der Waals surface area contributed by atoms with Crippen molar-refractivity contribution in [2.24, 2.45) is 0 Å². The highest BCUT2D eigenvalue weighted by atomic mass is 127. The molecule has 0 atom stereocenters. The van der Waals surface area contributed by atoms with Crippen LogP contribution in [-0.2, 0) is 16.0 Å². The first-order valence-corrected chi connectivity index (χ1v) is 8.88. The maximum Gasteiger partial charge on any atom is 0.230 e. The van der Waals surface area contributed by atoms with Crippen molar-refractivity contribution in [1.29, 1.82) is 0 Å². The van der Waals surface area contributed by atoms with Crippen molar-refractivity contribution in [1.82, 2.24) is 4.98 Å². The van der Waals surface area contributed by atoms with Crippen LogP contribution in [0.1, 0.15) is 18.5 Å². The van der Waals surface area contributed by atoms with Crippen LogP contribution < -0.4 is 10.2 Å². The zero-order valence-corrected chi connectivity index (χ0v) is 14.7. The summed E-state index contributed by atoms with van der Waals surface area (Å²) in [4.78, 5) is 29.9. The summed E-state index contributed by atoms with van der Waals surface area (Å²) >= 11 is 3.60. The third kappa shape index (κ3) is 3.46. The molecule has 1 aliphatic heterocycles.